The van der Waals surface area contributed by atoms with Crippen LogP contribution in [0.15, 0.2) is 30.3 Å². The molecule has 1 aromatic rings. The Labute approximate surface area is 95.9 Å². The first kappa shape index (κ1) is 9.88. The third kappa shape index (κ3) is 1.73. The maximum atomic E-state index is 6.07. The molecule has 2 bridgehead atoms. The van der Waals surface area contributed by atoms with E-state index in [0.29, 0.717) is 6.10 Å². The maximum absolute atomic E-state index is 6.07. The smallest absolute Gasteiger partial charge is 0.315 e. The largest absolute Gasteiger partial charge is 0.520 e. The van der Waals surface area contributed by atoms with Crippen LogP contribution in [0.25, 0.3) is 0 Å². The van der Waals surface area contributed by atoms with Crippen LogP contribution < -0.4 is 0 Å². The second kappa shape index (κ2) is 3.62. The Morgan fingerprint density at radius 2 is 1.88 bits per heavy atom. The van der Waals surface area contributed by atoms with Crippen molar-refractivity contribution in [2.45, 2.75) is 44.3 Å². The predicted octanol–water partition coefficient (Wildman–Crippen LogP) is 3.09. The van der Waals surface area contributed by atoms with Crippen molar-refractivity contribution in [3.63, 3.8) is 0 Å². The highest BCUT2D eigenvalue weighted by Gasteiger charge is 2.46. The van der Waals surface area contributed by atoms with Crippen molar-refractivity contribution < 1.29 is 9.16 Å². The van der Waals surface area contributed by atoms with Gasteiger partial charge in [-0.2, -0.15) is 0 Å². The molecular formula is C14H17O2+. The van der Waals surface area contributed by atoms with Crippen LogP contribution in [-0.2, 0) is 4.74 Å². The van der Waals surface area contributed by atoms with E-state index in [1.165, 1.54) is 0 Å². The highest BCUT2D eigenvalue weighted by molar-refractivity contribution is 5.90. The summed E-state index contributed by atoms with van der Waals surface area (Å²) in [6.07, 6.45) is 4.80. The summed E-state index contributed by atoms with van der Waals surface area (Å²) < 4.78 is 12.0. The standard InChI is InChI=1S/C14H17O2/c1-14-9-7-12(8-10-14)15-13(16-14)11-5-3-2-4-6-11/h2-6,12H,7-10H2,1H3/q+1. The van der Waals surface area contributed by atoms with Crippen molar-refractivity contribution in [1.82, 2.24) is 0 Å². The molecule has 2 heterocycles. The number of rotatable bonds is 1. The van der Waals surface area contributed by atoms with Crippen molar-refractivity contribution in [3.8, 4) is 0 Å². The average Bonchev–Trinajstić information content (AvgIpc) is 2.59. The predicted molar refractivity (Wildman–Crippen MR) is 62.5 cm³/mol. The van der Waals surface area contributed by atoms with Crippen LogP contribution >= 0.6 is 0 Å². The summed E-state index contributed by atoms with van der Waals surface area (Å²) in [5, 5.41) is 0. The lowest BCUT2D eigenvalue weighted by atomic mass is 9.85. The average molecular weight is 217 g/mol. The van der Waals surface area contributed by atoms with Gasteiger partial charge in [-0.25, -0.2) is 0 Å². The van der Waals surface area contributed by atoms with Crippen molar-refractivity contribution in [2.24, 2.45) is 0 Å². The zero-order valence-electron chi connectivity index (χ0n) is 9.61. The van der Waals surface area contributed by atoms with Gasteiger partial charge in [0.25, 0.3) is 0 Å². The van der Waals surface area contributed by atoms with Gasteiger partial charge in [0.15, 0.2) is 6.10 Å². The number of benzene rings is 1. The molecule has 0 atom stereocenters. The quantitative estimate of drug-likeness (QED) is 0.523. The van der Waals surface area contributed by atoms with E-state index in [-0.39, 0.29) is 5.60 Å². The Balaban J connectivity index is 1.97. The van der Waals surface area contributed by atoms with Crippen LogP contribution in [0.4, 0.5) is 0 Å². The number of esters is 1. The van der Waals surface area contributed by atoms with Crippen LogP contribution in [0.5, 0.6) is 0 Å². The first-order valence-corrected chi connectivity index (χ1v) is 6.03. The van der Waals surface area contributed by atoms with Gasteiger partial charge in [0.2, 0.25) is 5.60 Å². The molecule has 0 radical (unpaired) electrons. The fourth-order valence-corrected chi connectivity index (χ4v) is 2.52. The second-order valence-corrected chi connectivity index (χ2v) is 5.02. The molecule has 4 rings (SSSR count). The molecule has 3 aliphatic rings. The fraction of sp³-hybridized carbons (Fsp3) is 0.500. The van der Waals surface area contributed by atoms with Gasteiger partial charge in [-0.15, -0.1) is 0 Å². The normalized spacial score (nSPS) is 32.8. The number of ether oxygens (including phenoxy) is 1. The van der Waals surface area contributed by atoms with Gasteiger partial charge in [0.05, 0.1) is 0 Å². The van der Waals surface area contributed by atoms with Crippen LogP contribution in [-0.4, -0.2) is 17.7 Å². The van der Waals surface area contributed by atoms with E-state index in [1.54, 1.807) is 0 Å². The van der Waals surface area contributed by atoms with Crippen molar-refractivity contribution in [1.29, 1.82) is 0 Å². The molecule has 84 valence electrons. The Bertz CT molecular complexity index is 400. The summed E-state index contributed by atoms with van der Waals surface area (Å²) in [6.45, 7) is 2.20. The third-order valence-electron chi connectivity index (χ3n) is 3.61. The topological polar surface area (TPSA) is 20.5 Å². The fourth-order valence-electron chi connectivity index (χ4n) is 2.52. The molecule has 1 aliphatic carbocycles. The maximum Gasteiger partial charge on any atom is 0.520 e. The molecule has 2 aliphatic heterocycles. The van der Waals surface area contributed by atoms with Gasteiger partial charge in [-0.05, 0) is 12.1 Å². The molecule has 0 amide bonds. The minimum absolute atomic E-state index is 0.0157. The number of carbonyl (C=O) groups excluding carboxylic acids is 1. The lowest BCUT2D eigenvalue weighted by Gasteiger charge is -2.24. The summed E-state index contributed by atoms with van der Waals surface area (Å²) in [4.78, 5) is 0. The zero-order valence-corrected chi connectivity index (χ0v) is 9.61. The van der Waals surface area contributed by atoms with Crippen molar-refractivity contribution in [3.05, 3.63) is 35.9 Å². The van der Waals surface area contributed by atoms with E-state index >= 15 is 0 Å². The minimum Gasteiger partial charge on any atom is -0.315 e. The highest BCUT2D eigenvalue weighted by Crippen LogP contribution is 2.36. The minimum atomic E-state index is -0.0157. The van der Waals surface area contributed by atoms with Gasteiger partial charge >= 0.3 is 5.97 Å². The van der Waals surface area contributed by atoms with Gasteiger partial charge in [-0.3, -0.25) is 0 Å². The summed E-state index contributed by atoms with van der Waals surface area (Å²) in [5.41, 5.74) is 1.04. The summed E-state index contributed by atoms with van der Waals surface area (Å²) in [5.74, 6) is 0.725. The molecule has 2 nitrogen and oxygen atoms in total. The molecular weight excluding hydrogens is 200 g/mol. The van der Waals surface area contributed by atoms with E-state index < -0.39 is 0 Å². The molecule has 0 saturated heterocycles. The number of fused-ring (bicyclic) bond motifs is 3. The van der Waals surface area contributed by atoms with E-state index in [1.807, 2.05) is 30.3 Å². The lowest BCUT2D eigenvalue weighted by molar-refractivity contribution is -0.335. The molecule has 16 heavy (non-hydrogen) atoms. The van der Waals surface area contributed by atoms with Crippen LogP contribution in [0.2, 0.25) is 0 Å². The van der Waals surface area contributed by atoms with Gasteiger partial charge in [-0.1, -0.05) is 18.2 Å². The number of hydrogen-bond donors (Lipinski definition) is 0. The van der Waals surface area contributed by atoms with Crippen LogP contribution in [0.1, 0.15) is 42.6 Å². The Morgan fingerprint density at radius 1 is 1.19 bits per heavy atom. The molecule has 0 unspecified atom stereocenters. The Morgan fingerprint density at radius 3 is 2.56 bits per heavy atom. The van der Waals surface area contributed by atoms with E-state index in [4.69, 9.17) is 9.16 Å². The Kier molecular flexibility index (Phi) is 2.23. The van der Waals surface area contributed by atoms with Crippen LogP contribution in [0.3, 0.4) is 0 Å². The molecule has 0 spiro atoms. The van der Waals surface area contributed by atoms with E-state index in [2.05, 4.69) is 6.92 Å². The number of hydrogen-bond acceptors (Lipinski definition) is 1. The van der Waals surface area contributed by atoms with Gasteiger partial charge in [0, 0.05) is 32.6 Å². The Hall–Kier alpha value is -1.31. The summed E-state index contributed by atoms with van der Waals surface area (Å²) >= 11 is 0. The third-order valence-corrected chi connectivity index (χ3v) is 3.61. The molecule has 1 aromatic carbocycles. The van der Waals surface area contributed by atoms with Crippen molar-refractivity contribution >= 4 is 5.97 Å². The summed E-state index contributed by atoms with van der Waals surface area (Å²) in [7, 11) is 0. The molecule has 1 fully saturated rings. The highest BCUT2D eigenvalue weighted by atomic mass is 16.6. The zero-order chi connectivity index (χ0) is 11.0. The van der Waals surface area contributed by atoms with E-state index in [0.717, 1.165) is 37.2 Å². The SMILES string of the molecule is CC12CCC(CC1)[O+]=C(c1ccccc1)O2. The van der Waals surface area contributed by atoms with Crippen molar-refractivity contribution in [2.75, 3.05) is 0 Å². The monoisotopic (exact) mass is 217 g/mol. The second-order valence-electron chi connectivity index (χ2n) is 5.02. The van der Waals surface area contributed by atoms with E-state index in [9.17, 15) is 0 Å². The molecule has 0 N–H and O–H groups in total. The first-order valence-electron chi connectivity index (χ1n) is 6.03. The lowest BCUT2D eigenvalue weighted by Crippen LogP contribution is -2.33. The molecule has 2 heteroatoms. The van der Waals surface area contributed by atoms with Gasteiger partial charge in [0.1, 0.15) is 5.56 Å². The first-order chi connectivity index (χ1) is 7.75. The molecule has 1 saturated carbocycles. The molecule has 0 aromatic heterocycles. The summed E-state index contributed by atoms with van der Waals surface area (Å²) in [6, 6.07) is 10.1. The van der Waals surface area contributed by atoms with Crippen LogP contribution in [0, 0.1) is 0 Å². The van der Waals surface area contributed by atoms with Gasteiger partial charge < -0.3 is 9.16 Å².